The Kier molecular flexibility index (Phi) is 8.52. The van der Waals surface area contributed by atoms with Crippen LogP contribution in [-0.4, -0.2) is 47.2 Å². The van der Waals surface area contributed by atoms with Crippen LogP contribution in [0.3, 0.4) is 0 Å². The summed E-state index contributed by atoms with van der Waals surface area (Å²) >= 11 is 0. The summed E-state index contributed by atoms with van der Waals surface area (Å²) in [5.74, 6) is -1.02. The fraction of sp³-hybridized carbons (Fsp3) is 0.792. The molecule has 3 rings (SSSR count). The Morgan fingerprint density at radius 2 is 1.77 bits per heavy atom. The zero-order chi connectivity index (χ0) is 22.2. The van der Waals surface area contributed by atoms with E-state index < -0.39 is 17.0 Å². The molecule has 0 aromatic heterocycles. The third-order valence-corrected chi connectivity index (χ3v) is 7.12. The van der Waals surface area contributed by atoms with Gasteiger partial charge in [-0.15, -0.1) is 0 Å². The van der Waals surface area contributed by atoms with Gasteiger partial charge in [-0.1, -0.05) is 37.8 Å². The monoisotopic (exact) mass is 434 g/mol. The highest BCUT2D eigenvalue weighted by atomic mass is 16.5. The van der Waals surface area contributed by atoms with Crippen LogP contribution in [0.5, 0.6) is 0 Å². The van der Waals surface area contributed by atoms with Crippen molar-refractivity contribution in [3.05, 3.63) is 12.2 Å². The number of hydrogen-bond acceptors (Lipinski definition) is 5. The Bertz CT molecular complexity index is 663. The zero-order valence-electron chi connectivity index (χ0n) is 18.6. The Hall–Kier alpha value is -1.89. The highest BCUT2D eigenvalue weighted by Gasteiger charge is 2.39. The number of amides is 2. The molecule has 3 aliphatic rings. The quantitative estimate of drug-likeness (QED) is 0.466. The molecule has 174 valence electrons. The van der Waals surface area contributed by atoms with Crippen molar-refractivity contribution in [2.75, 3.05) is 13.2 Å². The third kappa shape index (κ3) is 6.79. The maximum atomic E-state index is 13.2. The van der Waals surface area contributed by atoms with Crippen LogP contribution in [0.25, 0.3) is 0 Å². The first-order valence-electron chi connectivity index (χ1n) is 12.0. The van der Waals surface area contributed by atoms with Gasteiger partial charge >= 0.3 is 5.97 Å². The van der Waals surface area contributed by atoms with Gasteiger partial charge in [0.2, 0.25) is 11.8 Å². The van der Waals surface area contributed by atoms with E-state index in [1.807, 2.05) is 12.2 Å². The lowest BCUT2D eigenvalue weighted by Crippen LogP contribution is -2.53. The van der Waals surface area contributed by atoms with Crippen molar-refractivity contribution in [1.29, 1.82) is 0 Å². The lowest BCUT2D eigenvalue weighted by atomic mass is 9.93. The minimum atomic E-state index is -0.536. The van der Waals surface area contributed by atoms with Gasteiger partial charge in [0.05, 0.1) is 23.6 Å². The molecule has 2 fully saturated rings. The van der Waals surface area contributed by atoms with Gasteiger partial charge in [0, 0.05) is 12.8 Å². The first-order valence-corrected chi connectivity index (χ1v) is 12.0. The summed E-state index contributed by atoms with van der Waals surface area (Å²) in [4.78, 5) is 38.1. The summed E-state index contributed by atoms with van der Waals surface area (Å²) in [7, 11) is 0. The number of allylic oxidation sites excluding steroid dienone is 2. The summed E-state index contributed by atoms with van der Waals surface area (Å²) in [6.45, 7) is 0.143. The van der Waals surface area contributed by atoms with Crippen LogP contribution in [0.2, 0.25) is 0 Å². The maximum absolute atomic E-state index is 13.2. The number of esters is 1. The molecule has 0 aromatic carbocycles. The van der Waals surface area contributed by atoms with E-state index in [0.717, 1.165) is 70.6 Å². The molecule has 2 saturated carbocycles. The van der Waals surface area contributed by atoms with Crippen molar-refractivity contribution in [1.82, 2.24) is 10.6 Å². The van der Waals surface area contributed by atoms with Crippen molar-refractivity contribution in [2.45, 2.75) is 101 Å². The molecule has 1 aliphatic heterocycles. The Morgan fingerprint density at radius 3 is 2.48 bits per heavy atom. The van der Waals surface area contributed by atoms with Crippen LogP contribution >= 0.6 is 0 Å². The van der Waals surface area contributed by atoms with Gasteiger partial charge < -0.3 is 20.5 Å². The number of rotatable bonds is 4. The Balaban J connectivity index is 1.69. The van der Waals surface area contributed by atoms with E-state index >= 15 is 0 Å². The lowest BCUT2D eigenvalue weighted by molar-refractivity contribution is -0.147. The number of aliphatic hydroxyl groups is 1. The standard InChI is InChI=1S/C24H38N2O5/c27-17-23(12-6-7-13-23)25-20(28)16-19-10-4-2-1-3-5-11-21(29)31-18-24(26-22(19)30)14-8-9-15-24/h2,4,19,27H,1,3,5-18H2,(H,25,28)(H,26,30)/t19-/m1/s1. The molecule has 31 heavy (non-hydrogen) atoms. The van der Waals surface area contributed by atoms with Crippen LogP contribution < -0.4 is 10.6 Å². The number of nitrogens with one attached hydrogen (secondary N) is 2. The Labute approximate surface area is 185 Å². The Morgan fingerprint density at radius 1 is 1.06 bits per heavy atom. The molecular weight excluding hydrogens is 396 g/mol. The molecule has 0 saturated heterocycles. The smallest absolute Gasteiger partial charge is 0.305 e. The molecular formula is C24H38N2O5. The number of hydrogen-bond donors (Lipinski definition) is 3. The number of carbonyl (C=O) groups is 3. The van der Waals surface area contributed by atoms with Crippen LogP contribution in [0.15, 0.2) is 12.2 Å². The summed E-state index contributed by atoms with van der Waals surface area (Å²) in [6, 6.07) is 0. The highest BCUT2D eigenvalue weighted by Crippen LogP contribution is 2.32. The number of carbonyl (C=O) groups excluding carboxylic acids is 3. The topological polar surface area (TPSA) is 105 Å². The fourth-order valence-corrected chi connectivity index (χ4v) is 5.15. The second-order valence-corrected chi connectivity index (χ2v) is 9.69. The van der Waals surface area contributed by atoms with Gasteiger partial charge in [0.25, 0.3) is 0 Å². The third-order valence-electron chi connectivity index (χ3n) is 7.12. The van der Waals surface area contributed by atoms with Gasteiger partial charge in [-0.25, -0.2) is 0 Å². The molecule has 7 heteroatoms. The van der Waals surface area contributed by atoms with E-state index in [1.54, 1.807) is 0 Å². The molecule has 1 atom stereocenters. The lowest BCUT2D eigenvalue weighted by Gasteiger charge is -2.32. The summed E-state index contributed by atoms with van der Waals surface area (Å²) in [5.41, 5.74) is -1.06. The maximum Gasteiger partial charge on any atom is 0.305 e. The van der Waals surface area contributed by atoms with E-state index in [4.69, 9.17) is 4.74 Å². The normalized spacial score (nSPS) is 26.8. The highest BCUT2D eigenvalue weighted by molar-refractivity contribution is 5.86. The summed E-state index contributed by atoms with van der Waals surface area (Å²) in [6.07, 6.45) is 14.6. The minimum Gasteiger partial charge on any atom is -0.463 e. The van der Waals surface area contributed by atoms with Gasteiger partial charge in [-0.05, 0) is 51.4 Å². The van der Waals surface area contributed by atoms with Crippen molar-refractivity contribution < 1.29 is 24.2 Å². The summed E-state index contributed by atoms with van der Waals surface area (Å²) < 4.78 is 5.53. The molecule has 0 unspecified atom stereocenters. The van der Waals surface area contributed by atoms with Crippen LogP contribution in [0.1, 0.15) is 89.9 Å². The largest absolute Gasteiger partial charge is 0.463 e. The molecule has 1 heterocycles. The fourth-order valence-electron chi connectivity index (χ4n) is 5.15. The SMILES string of the molecule is O=C(C[C@H]1CC=CCCCCC(=O)OCC2(CCCC2)NC1=O)NC1(CO)CCCC1. The van der Waals surface area contributed by atoms with Gasteiger partial charge in [0.15, 0.2) is 0 Å². The molecule has 2 amide bonds. The van der Waals surface area contributed by atoms with E-state index in [-0.39, 0.29) is 37.4 Å². The first-order chi connectivity index (χ1) is 15.0. The molecule has 2 aliphatic carbocycles. The van der Waals surface area contributed by atoms with Crippen molar-refractivity contribution >= 4 is 17.8 Å². The second-order valence-electron chi connectivity index (χ2n) is 9.69. The average molecular weight is 435 g/mol. The van der Waals surface area contributed by atoms with E-state index in [0.29, 0.717) is 12.8 Å². The predicted octanol–water partition coefficient (Wildman–Crippen LogP) is 2.91. The van der Waals surface area contributed by atoms with Crippen molar-refractivity contribution in [3.8, 4) is 0 Å². The summed E-state index contributed by atoms with van der Waals surface area (Å²) in [5, 5.41) is 16.0. The van der Waals surface area contributed by atoms with Gasteiger partial charge in [0.1, 0.15) is 6.61 Å². The van der Waals surface area contributed by atoms with Crippen LogP contribution in [0, 0.1) is 5.92 Å². The van der Waals surface area contributed by atoms with Gasteiger partial charge in [-0.2, -0.15) is 0 Å². The molecule has 0 radical (unpaired) electrons. The van der Waals surface area contributed by atoms with E-state index in [1.165, 1.54) is 0 Å². The number of cyclic esters (lactones) is 1. The molecule has 7 nitrogen and oxygen atoms in total. The molecule has 1 spiro atoms. The van der Waals surface area contributed by atoms with Crippen LogP contribution in [-0.2, 0) is 19.1 Å². The van der Waals surface area contributed by atoms with Crippen molar-refractivity contribution in [2.24, 2.45) is 5.92 Å². The molecule has 0 bridgehead atoms. The van der Waals surface area contributed by atoms with Crippen LogP contribution in [0.4, 0.5) is 0 Å². The first kappa shape index (κ1) is 23.8. The number of ether oxygens (including phenoxy) is 1. The van der Waals surface area contributed by atoms with Gasteiger partial charge in [-0.3, -0.25) is 14.4 Å². The molecule has 0 aromatic rings. The predicted molar refractivity (Wildman–Crippen MR) is 117 cm³/mol. The zero-order valence-corrected chi connectivity index (χ0v) is 18.6. The minimum absolute atomic E-state index is 0.0655. The molecule has 3 N–H and O–H groups in total. The second kappa shape index (κ2) is 11.1. The van der Waals surface area contributed by atoms with E-state index in [2.05, 4.69) is 10.6 Å². The van der Waals surface area contributed by atoms with E-state index in [9.17, 15) is 19.5 Å². The number of aliphatic hydroxyl groups excluding tert-OH is 1. The van der Waals surface area contributed by atoms with Crippen molar-refractivity contribution in [3.63, 3.8) is 0 Å². The average Bonchev–Trinajstić information content (AvgIpc) is 3.40.